The lowest BCUT2D eigenvalue weighted by atomic mass is 10.2. The largest absolute Gasteiger partial charge is 0.489 e. The SMILES string of the molecule is c1ccc(COc2ccc([I+]c3ccc(OCc4ccccc4)cc3)cc2)cc1. The first-order chi connectivity index (χ1) is 14.3. The zero-order valence-corrected chi connectivity index (χ0v) is 18.2. The van der Waals surface area contributed by atoms with Crippen molar-refractivity contribution in [1.29, 1.82) is 0 Å². The monoisotopic (exact) mass is 493 g/mol. The van der Waals surface area contributed by atoms with Gasteiger partial charge in [-0.15, -0.1) is 0 Å². The lowest BCUT2D eigenvalue weighted by Gasteiger charge is -2.05. The Balaban J connectivity index is 1.28. The molecule has 0 radical (unpaired) electrons. The Bertz CT molecular complexity index is 913. The van der Waals surface area contributed by atoms with Crippen molar-refractivity contribution < 1.29 is 30.7 Å². The van der Waals surface area contributed by atoms with Gasteiger partial charge < -0.3 is 9.47 Å². The molecule has 29 heavy (non-hydrogen) atoms. The number of rotatable bonds is 8. The molecule has 0 amide bonds. The summed E-state index contributed by atoms with van der Waals surface area (Å²) in [6.07, 6.45) is 0. The van der Waals surface area contributed by atoms with E-state index in [9.17, 15) is 0 Å². The molecule has 144 valence electrons. The number of ether oxygens (including phenoxy) is 2. The maximum absolute atomic E-state index is 5.87. The summed E-state index contributed by atoms with van der Waals surface area (Å²) < 4.78 is 14.5. The molecule has 0 atom stereocenters. The highest BCUT2D eigenvalue weighted by Gasteiger charge is 2.15. The second kappa shape index (κ2) is 10.1. The number of benzene rings is 4. The fraction of sp³-hybridized carbons (Fsp3) is 0.0769. The molecule has 0 unspecified atom stereocenters. The van der Waals surface area contributed by atoms with Crippen molar-refractivity contribution in [2.45, 2.75) is 13.2 Å². The fourth-order valence-corrected chi connectivity index (χ4v) is 4.95. The summed E-state index contributed by atoms with van der Waals surface area (Å²) in [6, 6.07) is 37.4. The van der Waals surface area contributed by atoms with Gasteiger partial charge >= 0.3 is 21.2 Å². The van der Waals surface area contributed by atoms with Gasteiger partial charge in [0.05, 0.1) is 0 Å². The fourth-order valence-electron chi connectivity index (χ4n) is 2.80. The third kappa shape index (κ3) is 6.09. The van der Waals surface area contributed by atoms with Crippen molar-refractivity contribution in [2.24, 2.45) is 0 Å². The zero-order valence-electron chi connectivity index (χ0n) is 16.0. The minimum Gasteiger partial charge on any atom is -0.489 e. The molecule has 0 aliphatic carbocycles. The van der Waals surface area contributed by atoms with Crippen LogP contribution in [0.25, 0.3) is 0 Å². The molecule has 0 saturated carbocycles. The van der Waals surface area contributed by atoms with Crippen LogP contribution in [-0.4, -0.2) is 0 Å². The van der Waals surface area contributed by atoms with Crippen molar-refractivity contribution in [3.63, 3.8) is 0 Å². The summed E-state index contributed by atoms with van der Waals surface area (Å²) in [7, 11) is 0. The molecule has 4 aromatic rings. The van der Waals surface area contributed by atoms with E-state index in [0.29, 0.717) is 13.2 Å². The van der Waals surface area contributed by atoms with Crippen LogP contribution in [0.3, 0.4) is 0 Å². The predicted molar refractivity (Wildman–Crippen MR) is 112 cm³/mol. The Morgan fingerprint density at radius 2 is 0.828 bits per heavy atom. The van der Waals surface area contributed by atoms with E-state index in [1.165, 1.54) is 18.3 Å². The number of halogens is 1. The van der Waals surface area contributed by atoms with E-state index < -0.39 is 0 Å². The molecule has 2 nitrogen and oxygen atoms in total. The van der Waals surface area contributed by atoms with Crippen LogP contribution in [0.5, 0.6) is 11.5 Å². The minimum absolute atomic E-state index is 0.217. The molecule has 4 rings (SSSR count). The Labute approximate surface area is 182 Å². The van der Waals surface area contributed by atoms with Gasteiger partial charge in [0.1, 0.15) is 24.7 Å². The summed E-state index contributed by atoms with van der Waals surface area (Å²) in [5.41, 5.74) is 2.36. The van der Waals surface area contributed by atoms with Crippen molar-refractivity contribution in [1.82, 2.24) is 0 Å². The van der Waals surface area contributed by atoms with E-state index in [0.717, 1.165) is 11.5 Å². The molecule has 0 N–H and O–H groups in total. The first kappa shape index (κ1) is 19.5. The van der Waals surface area contributed by atoms with Gasteiger partial charge in [-0.1, -0.05) is 60.7 Å². The van der Waals surface area contributed by atoms with Gasteiger partial charge in [0, 0.05) is 0 Å². The molecule has 4 aromatic carbocycles. The molecular weight excluding hydrogens is 471 g/mol. The van der Waals surface area contributed by atoms with Crippen molar-refractivity contribution in [3.8, 4) is 11.5 Å². The Kier molecular flexibility index (Phi) is 6.81. The van der Waals surface area contributed by atoms with E-state index in [1.54, 1.807) is 0 Å². The summed E-state index contributed by atoms with van der Waals surface area (Å²) >= 11 is -0.217. The van der Waals surface area contributed by atoms with Gasteiger partial charge in [0.25, 0.3) is 0 Å². The third-order valence-corrected chi connectivity index (χ3v) is 7.03. The van der Waals surface area contributed by atoms with Crippen LogP contribution in [0.2, 0.25) is 0 Å². The van der Waals surface area contributed by atoms with Crippen molar-refractivity contribution in [3.05, 3.63) is 127 Å². The van der Waals surface area contributed by atoms with E-state index in [-0.39, 0.29) is 21.2 Å². The van der Waals surface area contributed by atoms with E-state index in [4.69, 9.17) is 9.47 Å². The molecule has 0 heterocycles. The molecule has 0 saturated heterocycles. The van der Waals surface area contributed by atoms with Crippen LogP contribution in [0.15, 0.2) is 109 Å². The van der Waals surface area contributed by atoms with Crippen molar-refractivity contribution >= 4 is 0 Å². The maximum atomic E-state index is 5.87. The molecule has 0 aromatic heterocycles. The average molecular weight is 493 g/mol. The van der Waals surface area contributed by atoms with Gasteiger partial charge in [-0.3, -0.25) is 0 Å². The standard InChI is InChI=1S/C26H22IO2/c1-3-7-21(8-4-1)19-28-25-15-11-23(12-16-25)27-24-13-17-26(18-14-24)29-20-22-9-5-2-6-10-22/h1-18H,19-20H2/q+1. The highest BCUT2D eigenvalue weighted by molar-refractivity contribution is 5.24. The molecule has 0 fully saturated rings. The Hall–Kier alpha value is -2.79. The molecule has 0 bridgehead atoms. The summed E-state index contributed by atoms with van der Waals surface area (Å²) in [6.45, 7) is 1.19. The van der Waals surface area contributed by atoms with Gasteiger partial charge in [-0.05, 0) is 59.7 Å². The van der Waals surface area contributed by atoms with Gasteiger partial charge in [-0.2, -0.15) is 0 Å². The summed E-state index contributed by atoms with van der Waals surface area (Å²) in [5, 5.41) is 0. The van der Waals surface area contributed by atoms with E-state index >= 15 is 0 Å². The Morgan fingerprint density at radius 1 is 0.448 bits per heavy atom. The summed E-state index contributed by atoms with van der Waals surface area (Å²) in [5.74, 6) is 1.82. The highest BCUT2D eigenvalue weighted by atomic mass is 127. The van der Waals surface area contributed by atoms with Gasteiger partial charge in [0.15, 0.2) is 7.14 Å². The molecule has 0 aliphatic rings. The average Bonchev–Trinajstić information content (AvgIpc) is 2.80. The second-order valence-electron chi connectivity index (χ2n) is 6.55. The minimum atomic E-state index is -0.217. The smallest absolute Gasteiger partial charge is 0.357 e. The molecule has 0 spiro atoms. The second-order valence-corrected chi connectivity index (χ2v) is 9.58. The maximum Gasteiger partial charge on any atom is 0.357 e. The number of hydrogen-bond donors (Lipinski definition) is 0. The Morgan fingerprint density at radius 3 is 1.21 bits per heavy atom. The quantitative estimate of drug-likeness (QED) is 0.352. The number of hydrogen-bond acceptors (Lipinski definition) is 2. The first-order valence-electron chi connectivity index (χ1n) is 9.53. The predicted octanol–water partition coefficient (Wildman–Crippen LogP) is 2.97. The normalized spacial score (nSPS) is 10.5. The van der Waals surface area contributed by atoms with Crippen LogP contribution in [0, 0.1) is 7.14 Å². The van der Waals surface area contributed by atoms with Crippen LogP contribution < -0.4 is 30.7 Å². The van der Waals surface area contributed by atoms with E-state index in [1.807, 2.05) is 36.4 Å². The van der Waals surface area contributed by atoms with Crippen LogP contribution in [0.4, 0.5) is 0 Å². The van der Waals surface area contributed by atoms with E-state index in [2.05, 4.69) is 72.8 Å². The molecular formula is C26H22IO2+. The zero-order chi connectivity index (χ0) is 19.7. The molecule has 3 heteroatoms. The lowest BCUT2D eigenvalue weighted by Crippen LogP contribution is -3.61. The molecule has 0 aliphatic heterocycles. The highest BCUT2D eigenvalue weighted by Crippen LogP contribution is 2.13. The van der Waals surface area contributed by atoms with Crippen molar-refractivity contribution in [2.75, 3.05) is 0 Å². The van der Waals surface area contributed by atoms with Gasteiger partial charge in [-0.25, -0.2) is 0 Å². The first-order valence-corrected chi connectivity index (χ1v) is 11.7. The lowest BCUT2D eigenvalue weighted by molar-refractivity contribution is -0.597. The van der Waals surface area contributed by atoms with Crippen LogP contribution in [-0.2, 0) is 13.2 Å². The van der Waals surface area contributed by atoms with Gasteiger partial charge in [0.2, 0.25) is 0 Å². The van der Waals surface area contributed by atoms with Crippen LogP contribution in [0.1, 0.15) is 11.1 Å². The third-order valence-electron chi connectivity index (χ3n) is 4.34. The summed E-state index contributed by atoms with van der Waals surface area (Å²) in [4.78, 5) is 0. The van der Waals surface area contributed by atoms with Crippen LogP contribution >= 0.6 is 0 Å². The topological polar surface area (TPSA) is 18.5 Å².